The van der Waals surface area contributed by atoms with Crippen LogP contribution in [-0.4, -0.2) is 28.0 Å². The number of aliphatic hydroxyl groups excluding tert-OH is 1. The van der Waals surface area contributed by atoms with Crippen LogP contribution in [0.2, 0.25) is 0 Å². The normalized spacial score (nSPS) is 16.5. The van der Waals surface area contributed by atoms with E-state index in [0.29, 0.717) is 5.25 Å². The minimum absolute atomic E-state index is 0.130. The van der Waals surface area contributed by atoms with Gasteiger partial charge in [-0.1, -0.05) is 19.9 Å². The van der Waals surface area contributed by atoms with Gasteiger partial charge in [0.15, 0.2) is 0 Å². The predicted molar refractivity (Wildman–Crippen MR) is 74.0 cm³/mol. The molecule has 4 heteroatoms. The van der Waals surface area contributed by atoms with Gasteiger partial charge in [-0.25, -0.2) is 0 Å². The molecule has 1 aromatic heterocycles. The zero-order valence-corrected chi connectivity index (χ0v) is 11.4. The molecule has 1 rings (SSSR count). The van der Waals surface area contributed by atoms with Crippen LogP contribution < -0.4 is 5.73 Å². The lowest BCUT2D eigenvalue weighted by atomic mass is 10.1. The van der Waals surface area contributed by atoms with Crippen molar-refractivity contribution in [2.24, 2.45) is 5.73 Å². The zero-order valence-electron chi connectivity index (χ0n) is 10.5. The highest BCUT2D eigenvalue weighted by Gasteiger charge is 2.21. The first-order valence-corrected chi connectivity index (χ1v) is 7.05. The van der Waals surface area contributed by atoms with Crippen molar-refractivity contribution in [2.45, 2.75) is 43.2 Å². The van der Waals surface area contributed by atoms with Gasteiger partial charge in [0.1, 0.15) is 0 Å². The molecule has 0 saturated carbocycles. The number of hydrogen-bond donors (Lipinski definition) is 2. The van der Waals surface area contributed by atoms with Gasteiger partial charge in [-0.15, -0.1) is 11.8 Å². The lowest BCUT2D eigenvalue weighted by Gasteiger charge is -2.25. The van der Waals surface area contributed by atoms with Gasteiger partial charge in [0.25, 0.3) is 0 Å². The molecule has 3 atom stereocenters. The topological polar surface area (TPSA) is 59.1 Å². The van der Waals surface area contributed by atoms with Crippen molar-refractivity contribution in [1.82, 2.24) is 4.98 Å². The Balaban J connectivity index is 2.74. The first-order valence-electron chi connectivity index (χ1n) is 6.10. The maximum atomic E-state index is 8.96. The summed E-state index contributed by atoms with van der Waals surface area (Å²) in [7, 11) is 0. The van der Waals surface area contributed by atoms with Crippen molar-refractivity contribution < 1.29 is 5.11 Å². The van der Waals surface area contributed by atoms with Crippen LogP contribution in [0.1, 0.15) is 37.5 Å². The van der Waals surface area contributed by atoms with Crippen molar-refractivity contribution in [3.63, 3.8) is 0 Å². The highest BCUT2D eigenvalue weighted by Crippen LogP contribution is 2.36. The van der Waals surface area contributed by atoms with Crippen LogP contribution in [0.15, 0.2) is 24.5 Å². The minimum atomic E-state index is 0.130. The first-order chi connectivity index (χ1) is 8.19. The summed E-state index contributed by atoms with van der Waals surface area (Å²) < 4.78 is 0. The van der Waals surface area contributed by atoms with E-state index in [9.17, 15) is 0 Å². The van der Waals surface area contributed by atoms with E-state index >= 15 is 0 Å². The summed E-state index contributed by atoms with van der Waals surface area (Å²) in [6.45, 7) is 4.47. The summed E-state index contributed by atoms with van der Waals surface area (Å²) in [5.74, 6) is 0. The van der Waals surface area contributed by atoms with Crippen molar-refractivity contribution in [3.05, 3.63) is 30.1 Å². The van der Waals surface area contributed by atoms with Crippen LogP contribution in [0.3, 0.4) is 0 Å². The summed E-state index contributed by atoms with van der Waals surface area (Å²) in [6, 6.07) is 4.15. The highest BCUT2D eigenvalue weighted by atomic mass is 32.2. The maximum Gasteiger partial charge on any atom is 0.0466 e. The Morgan fingerprint density at radius 3 is 2.82 bits per heavy atom. The molecule has 0 amide bonds. The molecule has 17 heavy (non-hydrogen) atoms. The fraction of sp³-hybridized carbons (Fsp3) is 0.615. The quantitative estimate of drug-likeness (QED) is 0.784. The number of hydrogen-bond acceptors (Lipinski definition) is 4. The highest BCUT2D eigenvalue weighted by molar-refractivity contribution is 8.00. The molecule has 0 aliphatic heterocycles. The fourth-order valence-corrected chi connectivity index (χ4v) is 3.12. The van der Waals surface area contributed by atoms with E-state index in [1.807, 2.05) is 24.0 Å². The van der Waals surface area contributed by atoms with E-state index in [0.717, 1.165) is 12.8 Å². The number of aromatic nitrogens is 1. The molecule has 0 spiro atoms. The second-order valence-electron chi connectivity index (χ2n) is 4.24. The van der Waals surface area contributed by atoms with E-state index in [-0.39, 0.29) is 17.9 Å². The Bertz CT molecular complexity index is 308. The van der Waals surface area contributed by atoms with Gasteiger partial charge in [-0.2, -0.15) is 0 Å². The van der Waals surface area contributed by atoms with Gasteiger partial charge in [-0.05, 0) is 24.5 Å². The SMILES string of the molecule is CCC(N)C(SC(C)CCO)c1cccnc1. The summed E-state index contributed by atoms with van der Waals surface area (Å²) >= 11 is 1.83. The molecule has 0 aliphatic rings. The number of nitrogens with zero attached hydrogens (tertiary/aromatic N) is 1. The molecular weight excluding hydrogens is 232 g/mol. The van der Waals surface area contributed by atoms with Gasteiger partial charge in [0, 0.05) is 35.5 Å². The van der Waals surface area contributed by atoms with Crippen LogP contribution in [0.5, 0.6) is 0 Å². The molecule has 0 fully saturated rings. The molecular formula is C13H22N2OS. The largest absolute Gasteiger partial charge is 0.396 e. The van der Waals surface area contributed by atoms with Gasteiger partial charge < -0.3 is 10.8 Å². The summed E-state index contributed by atoms with van der Waals surface area (Å²) in [6.07, 6.45) is 5.41. The molecule has 3 nitrogen and oxygen atoms in total. The standard InChI is InChI=1S/C13H22N2OS/c1-3-12(14)13(17-10(2)6-8-16)11-5-4-7-15-9-11/h4-5,7,9-10,12-13,16H,3,6,8,14H2,1-2H3. The lowest BCUT2D eigenvalue weighted by Crippen LogP contribution is -2.27. The van der Waals surface area contributed by atoms with Crippen LogP contribution in [-0.2, 0) is 0 Å². The molecule has 0 saturated heterocycles. The summed E-state index contributed by atoms with van der Waals surface area (Å²) in [5, 5.41) is 9.62. The Kier molecular flexibility index (Phi) is 6.55. The summed E-state index contributed by atoms with van der Waals surface area (Å²) in [4.78, 5) is 4.16. The smallest absolute Gasteiger partial charge is 0.0466 e. The van der Waals surface area contributed by atoms with E-state index < -0.39 is 0 Å². The van der Waals surface area contributed by atoms with E-state index in [1.165, 1.54) is 5.56 Å². The molecule has 96 valence electrons. The second-order valence-corrected chi connectivity index (χ2v) is 5.82. The Morgan fingerprint density at radius 1 is 1.53 bits per heavy atom. The number of aliphatic hydroxyl groups is 1. The van der Waals surface area contributed by atoms with Gasteiger partial charge >= 0.3 is 0 Å². The van der Waals surface area contributed by atoms with E-state index in [4.69, 9.17) is 10.8 Å². The minimum Gasteiger partial charge on any atom is -0.396 e. The van der Waals surface area contributed by atoms with Gasteiger partial charge in [-0.3, -0.25) is 4.98 Å². The predicted octanol–water partition coefficient (Wildman–Crippen LogP) is 2.36. The van der Waals surface area contributed by atoms with Gasteiger partial charge in [0.05, 0.1) is 0 Å². The van der Waals surface area contributed by atoms with Gasteiger partial charge in [0.2, 0.25) is 0 Å². The summed E-state index contributed by atoms with van der Waals surface area (Å²) in [5.41, 5.74) is 7.36. The van der Waals surface area contributed by atoms with Crippen molar-refractivity contribution >= 4 is 11.8 Å². The van der Waals surface area contributed by atoms with Crippen LogP contribution in [0, 0.1) is 0 Å². The van der Waals surface area contributed by atoms with Crippen LogP contribution >= 0.6 is 11.8 Å². The molecule has 1 heterocycles. The first kappa shape index (κ1) is 14.5. The number of rotatable bonds is 7. The zero-order chi connectivity index (χ0) is 12.7. The third kappa shape index (κ3) is 4.66. The third-order valence-electron chi connectivity index (χ3n) is 2.79. The molecule has 3 unspecified atom stereocenters. The van der Waals surface area contributed by atoms with Crippen molar-refractivity contribution in [1.29, 1.82) is 0 Å². The molecule has 0 aliphatic carbocycles. The maximum absolute atomic E-state index is 8.96. The third-order valence-corrected chi connectivity index (χ3v) is 4.40. The lowest BCUT2D eigenvalue weighted by molar-refractivity contribution is 0.288. The van der Waals surface area contributed by atoms with E-state index in [2.05, 4.69) is 24.9 Å². The number of nitrogens with two attached hydrogens (primary N) is 1. The molecule has 0 radical (unpaired) electrons. The fourth-order valence-electron chi connectivity index (χ4n) is 1.69. The molecule has 0 aromatic carbocycles. The van der Waals surface area contributed by atoms with Crippen molar-refractivity contribution in [2.75, 3.05) is 6.61 Å². The molecule has 1 aromatic rings. The second kappa shape index (κ2) is 7.69. The number of pyridine rings is 1. The van der Waals surface area contributed by atoms with Crippen LogP contribution in [0.25, 0.3) is 0 Å². The molecule has 3 N–H and O–H groups in total. The monoisotopic (exact) mass is 254 g/mol. The Hall–Kier alpha value is -0.580. The van der Waals surface area contributed by atoms with E-state index in [1.54, 1.807) is 6.20 Å². The van der Waals surface area contributed by atoms with Crippen LogP contribution in [0.4, 0.5) is 0 Å². The average Bonchev–Trinajstić information content (AvgIpc) is 2.36. The number of thioether (sulfide) groups is 1. The van der Waals surface area contributed by atoms with Crippen molar-refractivity contribution in [3.8, 4) is 0 Å². The Labute approximate surface area is 108 Å². The molecule has 0 bridgehead atoms. The average molecular weight is 254 g/mol. The Morgan fingerprint density at radius 2 is 2.29 bits per heavy atom.